The Labute approximate surface area is 198 Å². The van der Waals surface area contributed by atoms with E-state index in [1.165, 1.54) is 37.3 Å². The average molecular weight is 510 g/mol. The van der Waals surface area contributed by atoms with E-state index >= 15 is 0 Å². The molecule has 0 heterocycles. The molecule has 2 aromatic carbocycles. The predicted octanol–water partition coefficient (Wildman–Crippen LogP) is 5.81. The Balaban J connectivity index is 1.78. The first-order valence-corrected chi connectivity index (χ1v) is 11.0. The van der Waals surface area contributed by atoms with Crippen molar-refractivity contribution in [2.75, 3.05) is 17.7 Å². The van der Waals surface area contributed by atoms with E-state index in [9.17, 15) is 18.4 Å². The highest BCUT2D eigenvalue weighted by atomic mass is 35.5. The van der Waals surface area contributed by atoms with Crippen molar-refractivity contribution in [2.45, 2.75) is 23.6 Å². The summed E-state index contributed by atoms with van der Waals surface area (Å²) in [5.41, 5.74) is 0.719. The quantitative estimate of drug-likeness (QED) is 0.365. The molecule has 0 radical (unpaired) electrons. The molecule has 0 aromatic heterocycles. The van der Waals surface area contributed by atoms with Gasteiger partial charge in [-0.2, -0.15) is 0 Å². The van der Waals surface area contributed by atoms with Gasteiger partial charge in [-0.15, -0.1) is 34.8 Å². The van der Waals surface area contributed by atoms with Crippen LogP contribution in [0.3, 0.4) is 0 Å². The number of rotatable bonds is 7. The minimum absolute atomic E-state index is 0.105. The number of carbonyl (C=O) groups excluding carboxylic acids is 2. The minimum Gasteiger partial charge on any atom is -0.352 e. The molecular weight excluding hydrogens is 492 g/mol. The summed E-state index contributed by atoms with van der Waals surface area (Å²) >= 11 is 24.0. The maximum Gasteiger partial charge on any atom is 0.254 e. The molecule has 31 heavy (non-hydrogen) atoms. The van der Waals surface area contributed by atoms with Gasteiger partial charge in [-0.1, -0.05) is 17.7 Å². The lowest BCUT2D eigenvalue weighted by molar-refractivity contribution is -0.117. The molecular formula is C21H18Cl4F2N2O2. The van der Waals surface area contributed by atoms with E-state index in [1.807, 2.05) is 0 Å². The lowest BCUT2D eigenvalue weighted by Crippen LogP contribution is -2.26. The zero-order chi connectivity index (χ0) is 22.9. The summed E-state index contributed by atoms with van der Waals surface area (Å²) in [5.74, 6) is -3.50. The summed E-state index contributed by atoms with van der Waals surface area (Å²) < 4.78 is 26.5. The zero-order valence-corrected chi connectivity index (χ0v) is 19.3. The number of benzene rings is 2. The first-order chi connectivity index (χ1) is 14.6. The van der Waals surface area contributed by atoms with Crippen LogP contribution in [0, 0.1) is 24.5 Å². The van der Waals surface area contributed by atoms with Crippen molar-refractivity contribution in [3.05, 3.63) is 63.7 Å². The fourth-order valence-corrected chi connectivity index (χ4v) is 4.52. The van der Waals surface area contributed by atoms with Gasteiger partial charge >= 0.3 is 0 Å². The molecule has 4 nitrogen and oxygen atoms in total. The normalized spacial score (nSPS) is 19.1. The van der Waals surface area contributed by atoms with Gasteiger partial charge in [-0.05, 0) is 48.7 Å². The van der Waals surface area contributed by atoms with Gasteiger partial charge in [0.05, 0.1) is 16.5 Å². The average Bonchev–Trinajstić information content (AvgIpc) is 3.28. The molecule has 1 saturated carbocycles. The summed E-state index contributed by atoms with van der Waals surface area (Å²) in [6, 6.07) is 6.66. The van der Waals surface area contributed by atoms with Gasteiger partial charge in [0, 0.05) is 24.0 Å². The Morgan fingerprint density at radius 1 is 1.16 bits per heavy atom. The highest BCUT2D eigenvalue weighted by Crippen LogP contribution is 2.65. The number of hydrogen-bond donors (Lipinski definition) is 2. The van der Waals surface area contributed by atoms with Crippen molar-refractivity contribution in [1.82, 2.24) is 5.32 Å². The zero-order valence-electron chi connectivity index (χ0n) is 16.2. The van der Waals surface area contributed by atoms with Gasteiger partial charge in [0.1, 0.15) is 16.0 Å². The minimum atomic E-state index is -1.41. The Bertz CT molecular complexity index is 1030. The third kappa shape index (κ3) is 5.08. The molecule has 2 aromatic rings. The summed E-state index contributed by atoms with van der Waals surface area (Å²) in [6.45, 7) is 1.77. The third-order valence-corrected chi connectivity index (χ3v) is 6.50. The fourth-order valence-electron chi connectivity index (χ4n) is 3.36. The van der Waals surface area contributed by atoms with Gasteiger partial charge in [-0.3, -0.25) is 9.59 Å². The number of hydrogen-bond acceptors (Lipinski definition) is 2. The van der Waals surface area contributed by atoms with Gasteiger partial charge < -0.3 is 10.6 Å². The first kappa shape index (κ1) is 24.1. The van der Waals surface area contributed by atoms with E-state index in [4.69, 9.17) is 46.4 Å². The van der Waals surface area contributed by atoms with Gasteiger partial charge in [0.15, 0.2) is 0 Å². The molecule has 3 rings (SSSR count). The van der Waals surface area contributed by atoms with E-state index < -0.39 is 39.6 Å². The number of anilines is 1. The van der Waals surface area contributed by atoms with Gasteiger partial charge in [0.25, 0.3) is 5.91 Å². The van der Waals surface area contributed by atoms with Crippen molar-refractivity contribution in [3.63, 3.8) is 0 Å². The van der Waals surface area contributed by atoms with Crippen molar-refractivity contribution in [3.8, 4) is 0 Å². The summed E-state index contributed by atoms with van der Waals surface area (Å²) in [5, 5.41) is 5.10. The molecule has 0 unspecified atom stereocenters. The van der Waals surface area contributed by atoms with E-state index in [0.29, 0.717) is 24.4 Å². The van der Waals surface area contributed by atoms with Crippen LogP contribution in [0.2, 0.25) is 5.02 Å². The van der Waals surface area contributed by atoms with Crippen LogP contribution in [-0.2, 0) is 4.79 Å². The summed E-state index contributed by atoms with van der Waals surface area (Å²) in [4.78, 5) is 25.1. The standard InChI is InChI=1S/C21H18Cl4F2N2O2/c1-10-7-12(9-13(18(10)27)19(30)28-6-2-5-22)29-20(31)17-16(21(17,24)25)11-3-4-15(26)14(23)8-11/h3-4,7-9,16-17H,2,5-6H2,1H3,(H,28,30)(H,29,31)/t16-,17+/m0/s1. The number of alkyl halides is 3. The van der Waals surface area contributed by atoms with Crippen LogP contribution in [0.1, 0.15) is 33.8 Å². The summed E-state index contributed by atoms with van der Waals surface area (Å²) in [6.07, 6.45) is 0.536. The number of carbonyl (C=O) groups is 2. The number of aryl methyl sites for hydroxylation is 1. The number of halogens is 6. The molecule has 2 N–H and O–H groups in total. The second kappa shape index (κ2) is 9.49. The lowest BCUT2D eigenvalue weighted by Gasteiger charge is -2.11. The fraction of sp³-hybridized carbons (Fsp3) is 0.333. The molecule has 10 heteroatoms. The topological polar surface area (TPSA) is 58.2 Å². The number of nitrogens with one attached hydrogen (secondary N) is 2. The van der Waals surface area contributed by atoms with Crippen molar-refractivity contribution >= 4 is 63.9 Å². The largest absolute Gasteiger partial charge is 0.352 e. The lowest BCUT2D eigenvalue weighted by atomic mass is 10.1. The Kier molecular flexibility index (Phi) is 7.36. The van der Waals surface area contributed by atoms with Crippen LogP contribution in [0.4, 0.5) is 14.5 Å². The maximum atomic E-state index is 14.4. The van der Waals surface area contributed by atoms with Crippen LogP contribution in [0.15, 0.2) is 30.3 Å². The van der Waals surface area contributed by atoms with E-state index in [2.05, 4.69) is 10.6 Å². The molecule has 2 atom stereocenters. The van der Waals surface area contributed by atoms with Crippen molar-refractivity contribution < 1.29 is 18.4 Å². The van der Waals surface area contributed by atoms with Crippen LogP contribution in [-0.4, -0.2) is 28.6 Å². The molecule has 166 valence electrons. The van der Waals surface area contributed by atoms with Gasteiger partial charge in [0.2, 0.25) is 5.91 Å². The van der Waals surface area contributed by atoms with Crippen molar-refractivity contribution in [1.29, 1.82) is 0 Å². The van der Waals surface area contributed by atoms with Crippen molar-refractivity contribution in [2.24, 2.45) is 5.92 Å². The predicted molar refractivity (Wildman–Crippen MR) is 120 cm³/mol. The van der Waals surface area contributed by atoms with E-state index in [0.717, 1.165) is 0 Å². The van der Waals surface area contributed by atoms with Crippen LogP contribution >= 0.6 is 46.4 Å². The molecule has 0 aliphatic heterocycles. The van der Waals surface area contributed by atoms with Crippen LogP contribution in [0.5, 0.6) is 0 Å². The highest BCUT2D eigenvalue weighted by Gasteiger charge is 2.67. The van der Waals surface area contributed by atoms with Gasteiger partial charge in [-0.25, -0.2) is 8.78 Å². The highest BCUT2D eigenvalue weighted by molar-refractivity contribution is 6.53. The molecule has 0 bridgehead atoms. The first-order valence-electron chi connectivity index (χ1n) is 9.35. The third-order valence-electron chi connectivity index (χ3n) is 5.00. The molecule has 2 amide bonds. The molecule has 1 fully saturated rings. The number of amides is 2. The second-order valence-corrected chi connectivity index (χ2v) is 9.48. The maximum absolute atomic E-state index is 14.4. The van der Waals surface area contributed by atoms with E-state index in [-0.39, 0.29) is 21.8 Å². The SMILES string of the molecule is Cc1cc(NC(=O)[C@H]2[C@H](c3ccc(F)c(Cl)c3)C2(Cl)Cl)cc(C(=O)NCCCCl)c1F. The smallest absolute Gasteiger partial charge is 0.254 e. The van der Waals surface area contributed by atoms with Crippen LogP contribution in [0.25, 0.3) is 0 Å². The molecule has 1 aliphatic carbocycles. The Morgan fingerprint density at radius 2 is 1.87 bits per heavy atom. The monoisotopic (exact) mass is 508 g/mol. The second-order valence-electron chi connectivity index (χ2n) is 7.25. The Hall–Kier alpha value is -1.60. The van der Waals surface area contributed by atoms with Crippen LogP contribution < -0.4 is 10.6 Å². The van der Waals surface area contributed by atoms with E-state index in [1.54, 1.807) is 0 Å². The molecule has 0 spiro atoms. The Morgan fingerprint density at radius 3 is 2.52 bits per heavy atom. The summed E-state index contributed by atoms with van der Waals surface area (Å²) in [7, 11) is 0. The molecule has 1 aliphatic rings. The molecule has 0 saturated heterocycles.